The summed E-state index contributed by atoms with van der Waals surface area (Å²) in [6.45, 7) is 1.78. The maximum absolute atomic E-state index is 12.4. The SMILES string of the molecule is CC(=O)CCC(=O)O[C@H]1[C@H](OCc2ccccc2)O[C@@H]2COC(c3ccccc3)O[C@H]2[C@@H]1O. The highest BCUT2D eigenvalue weighted by atomic mass is 16.8. The van der Waals surface area contributed by atoms with E-state index in [9.17, 15) is 14.7 Å². The second-order valence-corrected chi connectivity index (χ2v) is 8.16. The van der Waals surface area contributed by atoms with Gasteiger partial charge in [-0.15, -0.1) is 0 Å². The Bertz CT molecular complexity index is 919. The minimum absolute atomic E-state index is 0.0600. The summed E-state index contributed by atoms with van der Waals surface area (Å²) in [6.07, 6.45) is -5.45. The number of hydrogen-bond donors (Lipinski definition) is 1. The molecule has 1 unspecified atom stereocenters. The van der Waals surface area contributed by atoms with Gasteiger partial charge in [0.2, 0.25) is 0 Å². The van der Waals surface area contributed by atoms with E-state index in [1.807, 2.05) is 60.7 Å². The second kappa shape index (κ2) is 11.0. The number of ketones is 1. The van der Waals surface area contributed by atoms with Gasteiger partial charge in [0.15, 0.2) is 18.7 Å². The summed E-state index contributed by atoms with van der Waals surface area (Å²) in [5, 5.41) is 11.1. The lowest BCUT2D eigenvalue weighted by molar-refractivity contribution is -0.363. The first-order valence-corrected chi connectivity index (χ1v) is 11.0. The third-order valence-electron chi connectivity index (χ3n) is 5.59. The zero-order valence-corrected chi connectivity index (χ0v) is 18.4. The lowest BCUT2D eigenvalue weighted by atomic mass is 9.97. The summed E-state index contributed by atoms with van der Waals surface area (Å²) in [6, 6.07) is 18.8. The molecule has 2 aromatic carbocycles. The van der Waals surface area contributed by atoms with E-state index < -0.39 is 43.0 Å². The highest BCUT2D eigenvalue weighted by Gasteiger charge is 2.51. The molecule has 0 radical (unpaired) electrons. The molecule has 0 saturated carbocycles. The summed E-state index contributed by atoms with van der Waals surface area (Å²) < 4.78 is 29.3. The minimum atomic E-state index is -1.21. The molecule has 1 N–H and O–H groups in total. The highest BCUT2D eigenvalue weighted by molar-refractivity contribution is 5.81. The quantitative estimate of drug-likeness (QED) is 0.605. The average molecular weight is 456 g/mol. The van der Waals surface area contributed by atoms with Gasteiger partial charge in [-0.3, -0.25) is 4.79 Å². The van der Waals surface area contributed by atoms with Gasteiger partial charge in [0.25, 0.3) is 0 Å². The van der Waals surface area contributed by atoms with Gasteiger partial charge in [0.05, 0.1) is 19.6 Å². The summed E-state index contributed by atoms with van der Waals surface area (Å²) in [4.78, 5) is 23.6. The smallest absolute Gasteiger partial charge is 0.306 e. The normalized spacial score (nSPS) is 29.2. The molecule has 2 fully saturated rings. The predicted octanol–water partition coefficient (Wildman–Crippen LogP) is 2.68. The van der Waals surface area contributed by atoms with Crippen LogP contribution >= 0.6 is 0 Å². The third kappa shape index (κ3) is 6.04. The number of Topliss-reactive ketones (excluding diaryl/α,β-unsaturated/α-hetero) is 1. The number of carbonyl (C=O) groups is 2. The van der Waals surface area contributed by atoms with Crippen molar-refractivity contribution in [1.29, 1.82) is 0 Å². The van der Waals surface area contributed by atoms with Crippen LogP contribution in [0.15, 0.2) is 60.7 Å². The molecule has 2 aliphatic rings. The van der Waals surface area contributed by atoms with E-state index in [-0.39, 0.29) is 31.8 Å². The number of hydrogen-bond acceptors (Lipinski definition) is 8. The predicted molar refractivity (Wildman–Crippen MR) is 116 cm³/mol. The van der Waals surface area contributed by atoms with Crippen LogP contribution in [-0.4, -0.2) is 54.2 Å². The van der Waals surface area contributed by atoms with Gasteiger partial charge in [0.1, 0.15) is 24.1 Å². The van der Waals surface area contributed by atoms with Crippen LogP contribution in [0.3, 0.4) is 0 Å². The molecule has 2 aromatic rings. The lowest BCUT2D eigenvalue weighted by Crippen LogP contribution is -2.63. The molecule has 2 aliphatic heterocycles. The van der Waals surface area contributed by atoms with Crippen LogP contribution in [0.2, 0.25) is 0 Å². The molecule has 8 nitrogen and oxygen atoms in total. The standard InChI is InChI=1S/C25H28O8/c1-16(26)12-13-20(27)32-23-21(28)22-19(15-30-24(33-22)18-10-6-3-7-11-18)31-25(23)29-14-17-8-4-2-5-9-17/h2-11,19,21-25,28H,12-15H2,1H3/t19-,21+,22-,23-,24?,25-/m1/s1. The van der Waals surface area contributed by atoms with Gasteiger partial charge in [-0.1, -0.05) is 60.7 Å². The molecule has 0 amide bonds. The number of rotatable bonds is 8. The summed E-state index contributed by atoms with van der Waals surface area (Å²) >= 11 is 0. The molecular weight excluding hydrogens is 428 g/mol. The fourth-order valence-corrected chi connectivity index (χ4v) is 3.85. The monoisotopic (exact) mass is 456 g/mol. The molecule has 0 spiro atoms. The van der Waals surface area contributed by atoms with Gasteiger partial charge in [-0.25, -0.2) is 0 Å². The van der Waals surface area contributed by atoms with Crippen LogP contribution in [0.4, 0.5) is 0 Å². The Morgan fingerprint density at radius 2 is 1.70 bits per heavy atom. The number of aliphatic hydroxyl groups is 1. The average Bonchev–Trinajstić information content (AvgIpc) is 2.84. The topological polar surface area (TPSA) is 101 Å². The van der Waals surface area contributed by atoms with Crippen molar-refractivity contribution in [1.82, 2.24) is 0 Å². The van der Waals surface area contributed by atoms with Crippen molar-refractivity contribution >= 4 is 11.8 Å². The lowest BCUT2D eigenvalue weighted by Gasteiger charge is -2.47. The van der Waals surface area contributed by atoms with E-state index in [0.717, 1.165) is 11.1 Å². The Labute approximate surface area is 192 Å². The van der Waals surface area contributed by atoms with E-state index in [2.05, 4.69) is 0 Å². The zero-order valence-electron chi connectivity index (χ0n) is 18.4. The zero-order chi connectivity index (χ0) is 23.2. The summed E-state index contributed by atoms with van der Waals surface area (Å²) in [7, 11) is 0. The van der Waals surface area contributed by atoms with Crippen LogP contribution in [0.5, 0.6) is 0 Å². The van der Waals surface area contributed by atoms with Crippen molar-refractivity contribution in [3.05, 3.63) is 71.8 Å². The van der Waals surface area contributed by atoms with E-state index in [4.69, 9.17) is 23.7 Å². The van der Waals surface area contributed by atoms with Crippen molar-refractivity contribution in [2.24, 2.45) is 0 Å². The van der Waals surface area contributed by atoms with E-state index in [1.54, 1.807) is 0 Å². The molecule has 0 aromatic heterocycles. The van der Waals surface area contributed by atoms with Crippen molar-refractivity contribution in [2.45, 2.75) is 63.4 Å². The number of aliphatic hydroxyl groups excluding tert-OH is 1. The fraction of sp³-hybridized carbons (Fsp3) is 0.440. The molecule has 4 rings (SSSR count). The Morgan fingerprint density at radius 3 is 2.39 bits per heavy atom. The molecule has 6 atom stereocenters. The maximum atomic E-state index is 12.4. The first-order valence-electron chi connectivity index (χ1n) is 11.0. The van der Waals surface area contributed by atoms with Gasteiger partial charge < -0.3 is 33.6 Å². The number of ether oxygens (including phenoxy) is 5. The second-order valence-electron chi connectivity index (χ2n) is 8.16. The number of carbonyl (C=O) groups excluding carboxylic acids is 2. The van der Waals surface area contributed by atoms with Crippen molar-refractivity contribution in [2.75, 3.05) is 6.61 Å². The maximum Gasteiger partial charge on any atom is 0.306 e. The van der Waals surface area contributed by atoms with Crippen molar-refractivity contribution in [3.8, 4) is 0 Å². The first-order chi connectivity index (χ1) is 16.0. The number of fused-ring (bicyclic) bond motifs is 1. The third-order valence-corrected chi connectivity index (χ3v) is 5.59. The first kappa shape index (κ1) is 23.5. The van der Waals surface area contributed by atoms with Crippen LogP contribution < -0.4 is 0 Å². The Morgan fingerprint density at radius 1 is 1.00 bits per heavy atom. The molecule has 2 saturated heterocycles. The van der Waals surface area contributed by atoms with Crippen molar-refractivity contribution in [3.63, 3.8) is 0 Å². The molecule has 176 valence electrons. The molecule has 2 heterocycles. The van der Waals surface area contributed by atoms with Crippen LogP contribution in [0.25, 0.3) is 0 Å². The van der Waals surface area contributed by atoms with Gasteiger partial charge in [0, 0.05) is 12.0 Å². The molecule has 0 bridgehead atoms. The van der Waals surface area contributed by atoms with E-state index >= 15 is 0 Å². The summed E-state index contributed by atoms with van der Waals surface area (Å²) in [5.41, 5.74) is 1.71. The van der Waals surface area contributed by atoms with E-state index in [0.29, 0.717) is 0 Å². The summed E-state index contributed by atoms with van der Waals surface area (Å²) in [5.74, 6) is -0.737. The Hall–Kier alpha value is -2.62. The fourth-order valence-electron chi connectivity index (χ4n) is 3.85. The molecule has 0 aliphatic carbocycles. The van der Waals surface area contributed by atoms with E-state index in [1.165, 1.54) is 6.92 Å². The van der Waals surface area contributed by atoms with Gasteiger partial charge in [-0.05, 0) is 12.5 Å². The largest absolute Gasteiger partial charge is 0.454 e. The number of benzene rings is 2. The van der Waals surface area contributed by atoms with Crippen LogP contribution in [0.1, 0.15) is 37.2 Å². The Kier molecular flexibility index (Phi) is 7.85. The minimum Gasteiger partial charge on any atom is -0.454 e. The van der Waals surface area contributed by atoms with Gasteiger partial charge in [-0.2, -0.15) is 0 Å². The van der Waals surface area contributed by atoms with Crippen LogP contribution in [-0.2, 0) is 39.9 Å². The molecular formula is C25H28O8. The molecule has 8 heteroatoms. The van der Waals surface area contributed by atoms with Gasteiger partial charge >= 0.3 is 5.97 Å². The number of esters is 1. The van der Waals surface area contributed by atoms with Crippen molar-refractivity contribution < 1.29 is 38.4 Å². The Balaban J connectivity index is 1.48. The highest BCUT2D eigenvalue weighted by Crippen LogP contribution is 2.35. The molecule has 33 heavy (non-hydrogen) atoms. The van der Waals surface area contributed by atoms with Crippen LogP contribution in [0, 0.1) is 0 Å².